The van der Waals surface area contributed by atoms with Gasteiger partial charge in [0, 0.05) is 25.0 Å². The summed E-state index contributed by atoms with van der Waals surface area (Å²) in [4.78, 5) is 12.5. The number of hydrogen-bond donors (Lipinski definition) is 2. The van der Waals surface area contributed by atoms with Crippen LogP contribution in [0.15, 0.2) is 18.2 Å². The van der Waals surface area contributed by atoms with E-state index in [0.717, 1.165) is 38.6 Å². The molecule has 1 aromatic rings. The highest BCUT2D eigenvalue weighted by Crippen LogP contribution is 2.44. The molecule has 5 heteroatoms. The van der Waals surface area contributed by atoms with Crippen LogP contribution in [0.1, 0.15) is 82.8 Å². The number of nitrogens with one attached hydrogen (secondary N) is 1. The predicted molar refractivity (Wildman–Crippen MR) is 128 cm³/mol. The number of aromatic hydroxyl groups is 1. The summed E-state index contributed by atoms with van der Waals surface area (Å²) in [6.07, 6.45) is 10.9. The Labute approximate surface area is 194 Å². The minimum Gasteiger partial charge on any atom is -0.508 e. The molecule has 3 unspecified atom stereocenters. The Kier molecular flexibility index (Phi) is 9.01. The summed E-state index contributed by atoms with van der Waals surface area (Å²) in [6.45, 7) is 5.21. The standard InChI is InChI=1S/C27H43NO4/c1-5-27(6-2)23-18-22(29)13-12-20(23)17-24(31-3)25(27)28-15-14-21(26(30)32-4)16-19-10-8-7-9-11-19/h12-13,18-19,21,24-25,28-29H,5-11,14-17H2,1-4H3. The van der Waals surface area contributed by atoms with Crippen LogP contribution in [0.4, 0.5) is 0 Å². The average molecular weight is 446 g/mol. The van der Waals surface area contributed by atoms with Crippen molar-refractivity contribution >= 4 is 5.97 Å². The number of benzene rings is 1. The van der Waals surface area contributed by atoms with E-state index >= 15 is 0 Å². The molecular weight excluding hydrogens is 402 g/mol. The quantitative estimate of drug-likeness (QED) is 0.489. The fraction of sp³-hybridized carbons (Fsp3) is 0.741. The molecule has 0 radical (unpaired) electrons. The SMILES string of the molecule is CCC1(CC)c2cc(O)ccc2CC(OC)C1NCCC(CC1CCCCC1)C(=O)OC. The van der Waals surface area contributed by atoms with Crippen molar-refractivity contribution in [1.82, 2.24) is 5.32 Å². The molecule has 0 heterocycles. The molecule has 0 saturated heterocycles. The van der Waals surface area contributed by atoms with Crippen LogP contribution in [0.25, 0.3) is 0 Å². The van der Waals surface area contributed by atoms with Gasteiger partial charge in [-0.3, -0.25) is 4.79 Å². The first-order valence-corrected chi connectivity index (χ1v) is 12.6. The van der Waals surface area contributed by atoms with Gasteiger partial charge in [0.25, 0.3) is 0 Å². The normalized spacial score (nSPS) is 24.0. The van der Waals surface area contributed by atoms with Gasteiger partial charge in [-0.25, -0.2) is 0 Å². The highest BCUT2D eigenvalue weighted by atomic mass is 16.5. The number of carbonyl (C=O) groups excluding carboxylic acids is 1. The molecule has 1 fully saturated rings. The summed E-state index contributed by atoms with van der Waals surface area (Å²) in [5.74, 6) is 0.850. The van der Waals surface area contributed by atoms with E-state index in [9.17, 15) is 9.90 Å². The number of carbonyl (C=O) groups is 1. The maximum absolute atomic E-state index is 12.5. The van der Waals surface area contributed by atoms with Crippen molar-refractivity contribution in [3.63, 3.8) is 0 Å². The number of methoxy groups -OCH3 is 2. The van der Waals surface area contributed by atoms with E-state index in [-0.39, 0.29) is 29.4 Å². The fourth-order valence-corrected chi connectivity index (χ4v) is 6.42. The van der Waals surface area contributed by atoms with Crippen molar-refractivity contribution in [3.8, 4) is 5.75 Å². The zero-order valence-electron chi connectivity index (χ0n) is 20.5. The van der Waals surface area contributed by atoms with Crippen LogP contribution in [0.5, 0.6) is 5.75 Å². The van der Waals surface area contributed by atoms with Gasteiger partial charge in [-0.1, -0.05) is 52.0 Å². The van der Waals surface area contributed by atoms with Gasteiger partial charge in [-0.05, 0) is 61.4 Å². The molecule has 0 bridgehead atoms. The second kappa shape index (κ2) is 11.5. The Balaban J connectivity index is 1.75. The van der Waals surface area contributed by atoms with Crippen molar-refractivity contribution in [2.75, 3.05) is 20.8 Å². The van der Waals surface area contributed by atoms with Gasteiger partial charge in [-0.2, -0.15) is 0 Å². The number of fused-ring (bicyclic) bond motifs is 1. The highest BCUT2D eigenvalue weighted by Gasteiger charge is 2.46. The fourth-order valence-electron chi connectivity index (χ4n) is 6.42. The Bertz CT molecular complexity index is 739. The third-order valence-electron chi connectivity index (χ3n) is 8.32. The van der Waals surface area contributed by atoms with E-state index in [1.54, 1.807) is 13.2 Å². The number of rotatable bonds is 10. The largest absolute Gasteiger partial charge is 0.508 e. The summed E-state index contributed by atoms with van der Waals surface area (Å²) in [5, 5.41) is 14.0. The number of hydrogen-bond acceptors (Lipinski definition) is 5. The van der Waals surface area contributed by atoms with Gasteiger partial charge < -0.3 is 19.9 Å². The van der Waals surface area contributed by atoms with Crippen LogP contribution in [0.2, 0.25) is 0 Å². The third kappa shape index (κ3) is 5.31. The Morgan fingerprint density at radius 3 is 2.53 bits per heavy atom. The molecule has 0 aromatic heterocycles. The maximum atomic E-state index is 12.5. The lowest BCUT2D eigenvalue weighted by Gasteiger charge is -2.49. The molecule has 1 saturated carbocycles. The van der Waals surface area contributed by atoms with Crippen LogP contribution < -0.4 is 5.32 Å². The third-order valence-corrected chi connectivity index (χ3v) is 8.32. The van der Waals surface area contributed by atoms with Crippen LogP contribution in [0.3, 0.4) is 0 Å². The average Bonchev–Trinajstić information content (AvgIpc) is 2.83. The molecule has 3 atom stereocenters. The van der Waals surface area contributed by atoms with Gasteiger partial charge in [0.15, 0.2) is 0 Å². The second-order valence-electron chi connectivity index (χ2n) is 9.86. The molecule has 0 aliphatic heterocycles. The van der Waals surface area contributed by atoms with Crippen LogP contribution in [0, 0.1) is 11.8 Å². The molecule has 0 amide bonds. The van der Waals surface area contributed by atoms with E-state index in [1.165, 1.54) is 50.3 Å². The van der Waals surface area contributed by atoms with Gasteiger partial charge >= 0.3 is 5.97 Å². The molecule has 3 rings (SSSR count). The van der Waals surface area contributed by atoms with Crippen LogP contribution in [-0.4, -0.2) is 44.0 Å². The van der Waals surface area contributed by atoms with Crippen molar-refractivity contribution in [3.05, 3.63) is 29.3 Å². The van der Waals surface area contributed by atoms with Crippen molar-refractivity contribution in [1.29, 1.82) is 0 Å². The molecular formula is C27H43NO4. The van der Waals surface area contributed by atoms with E-state index in [2.05, 4.69) is 19.2 Å². The minimum absolute atomic E-state index is 0.0471. The molecule has 32 heavy (non-hydrogen) atoms. The lowest BCUT2D eigenvalue weighted by atomic mass is 9.62. The molecule has 0 spiro atoms. The molecule has 2 aliphatic rings. The first-order chi connectivity index (χ1) is 15.5. The Morgan fingerprint density at radius 1 is 1.19 bits per heavy atom. The summed E-state index contributed by atoms with van der Waals surface area (Å²) in [6, 6.07) is 5.90. The summed E-state index contributed by atoms with van der Waals surface area (Å²) < 4.78 is 11.1. The van der Waals surface area contributed by atoms with E-state index < -0.39 is 0 Å². The van der Waals surface area contributed by atoms with Crippen molar-refractivity contribution in [2.24, 2.45) is 11.8 Å². The predicted octanol–water partition coefficient (Wildman–Crippen LogP) is 5.13. The van der Waals surface area contributed by atoms with Gasteiger partial charge in [0.2, 0.25) is 0 Å². The molecule has 180 valence electrons. The summed E-state index contributed by atoms with van der Waals surface area (Å²) in [5.41, 5.74) is 2.39. The van der Waals surface area contributed by atoms with Gasteiger partial charge in [0.05, 0.1) is 19.1 Å². The van der Waals surface area contributed by atoms with Crippen LogP contribution >= 0.6 is 0 Å². The number of ether oxygens (including phenoxy) is 2. The number of phenols is 1. The second-order valence-corrected chi connectivity index (χ2v) is 9.86. The highest BCUT2D eigenvalue weighted by molar-refractivity contribution is 5.72. The zero-order valence-corrected chi connectivity index (χ0v) is 20.5. The Morgan fingerprint density at radius 2 is 1.91 bits per heavy atom. The minimum atomic E-state index is -0.114. The Hall–Kier alpha value is -1.59. The van der Waals surface area contributed by atoms with Crippen molar-refractivity contribution in [2.45, 2.75) is 95.6 Å². The number of phenolic OH excluding ortho intramolecular Hbond substituents is 1. The maximum Gasteiger partial charge on any atom is 0.308 e. The van der Waals surface area contributed by atoms with E-state index in [1.807, 2.05) is 12.1 Å². The first kappa shape index (κ1) is 25.0. The number of esters is 1. The molecule has 2 N–H and O–H groups in total. The molecule has 5 nitrogen and oxygen atoms in total. The van der Waals surface area contributed by atoms with Crippen molar-refractivity contribution < 1.29 is 19.4 Å². The van der Waals surface area contributed by atoms with E-state index in [4.69, 9.17) is 9.47 Å². The smallest absolute Gasteiger partial charge is 0.308 e. The van der Waals surface area contributed by atoms with Gasteiger partial charge in [-0.15, -0.1) is 0 Å². The molecule has 1 aromatic carbocycles. The zero-order chi connectivity index (χ0) is 23.1. The van der Waals surface area contributed by atoms with E-state index in [0.29, 0.717) is 11.7 Å². The molecule has 2 aliphatic carbocycles. The summed E-state index contributed by atoms with van der Waals surface area (Å²) in [7, 11) is 3.30. The topological polar surface area (TPSA) is 67.8 Å². The lowest BCUT2D eigenvalue weighted by molar-refractivity contribution is -0.146. The van der Waals surface area contributed by atoms with Gasteiger partial charge in [0.1, 0.15) is 5.75 Å². The first-order valence-electron chi connectivity index (χ1n) is 12.6. The lowest BCUT2D eigenvalue weighted by Crippen LogP contribution is -2.59. The monoisotopic (exact) mass is 445 g/mol. The summed E-state index contributed by atoms with van der Waals surface area (Å²) >= 11 is 0. The van der Waals surface area contributed by atoms with Crippen LogP contribution in [-0.2, 0) is 26.1 Å².